The zero-order valence-electron chi connectivity index (χ0n) is 12.8. The highest BCUT2D eigenvalue weighted by atomic mass is 16.3. The Hall–Kier alpha value is -0.900. The fraction of sp³-hybridized carbons (Fsp3) is 0.625. The van der Waals surface area contributed by atoms with Crippen LogP contribution in [0.15, 0.2) is 12.1 Å². The third kappa shape index (κ3) is 2.99. The van der Waals surface area contributed by atoms with Crippen LogP contribution in [0.1, 0.15) is 28.4 Å². The molecule has 1 heterocycles. The van der Waals surface area contributed by atoms with Crippen molar-refractivity contribution in [1.82, 2.24) is 9.80 Å². The third-order valence-corrected chi connectivity index (χ3v) is 4.46. The van der Waals surface area contributed by atoms with Gasteiger partial charge in [0.25, 0.3) is 0 Å². The molecule has 1 aromatic rings. The molecule has 0 radical (unpaired) electrons. The maximum atomic E-state index is 10.8. The first-order valence-corrected chi connectivity index (χ1v) is 7.04. The number of benzene rings is 1. The molecule has 0 spiro atoms. The van der Waals surface area contributed by atoms with Crippen LogP contribution in [-0.4, -0.2) is 54.7 Å². The van der Waals surface area contributed by atoms with Crippen molar-refractivity contribution in [2.45, 2.75) is 32.9 Å². The molecule has 3 heteroatoms. The second-order valence-electron chi connectivity index (χ2n) is 6.05. The van der Waals surface area contributed by atoms with Gasteiger partial charge >= 0.3 is 0 Å². The fourth-order valence-electron chi connectivity index (χ4n) is 2.89. The number of likely N-dealkylation sites (N-methyl/N-ethyl adjacent to an activating group) is 2. The Morgan fingerprint density at radius 1 is 1.05 bits per heavy atom. The molecule has 1 fully saturated rings. The zero-order valence-corrected chi connectivity index (χ0v) is 12.8. The smallest absolute Gasteiger partial charge is 0.0960 e. The summed E-state index contributed by atoms with van der Waals surface area (Å²) in [5.41, 5.74) is 4.82. The van der Waals surface area contributed by atoms with E-state index in [1.807, 2.05) is 0 Å². The van der Waals surface area contributed by atoms with Crippen LogP contribution in [0.5, 0.6) is 0 Å². The van der Waals surface area contributed by atoms with E-state index in [0.29, 0.717) is 0 Å². The Balaban J connectivity index is 2.28. The molecular formula is C16H26N2O. The average Bonchev–Trinajstić information content (AvgIpc) is 2.36. The number of rotatable bonds is 2. The molecule has 0 aliphatic carbocycles. The maximum Gasteiger partial charge on any atom is 0.0960 e. The van der Waals surface area contributed by atoms with Gasteiger partial charge < -0.3 is 10.0 Å². The van der Waals surface area contributed by atoms with Crippen molar-refractivity contribution in [1.29, 1.82) is 0 Å². The lowest BCUT2D eigenvalue weighted by Crippen LogP contribution is -2.52. The van der Waals surface area contributed by atoms with Gasteiger partial charge in [0, 0.05) is 19.6 Å². The van der Waals surface area contributed by atoms with E-state index in [-0.39, 0.29) is 6.04 Å². The number of aryl methyl sites for hydroxylation is 3. The Bertz CT molecular complexity index is 458. The molecule has 106 valence electrons. The van der Waals surface area contributed by atoms with Gasteiger partial charge in [-0.2, -0.15) is 0 Å². The molecule has 1 aliphatic rings. The van der Waals surface area contributed by atoms with Gasteiger partial charge in [0.2, 0.25) is 0 Å². The van der Waals surface area contributed by atoms with Crippen LogP contribution in [0.25, 0.3) is 0 Å². The number of aliphatic hydroxyl groups is 1. The number of hydrogen-bond acceptors (Lipinski definition) is 3. The van der Waals surface area contributed by atoms with Crippen LogP contribution in [0, 0.1) is 20.8 Å². The predicted octanol–water partition coefficient (Wildman–Crippen LogP) is 1.89. The molecule has 3 nitrogen and oxygen atoms in total. The number of nitrogens with zero attached hydrogens (tertiary/aromatic N) is 2. The van der Waals surface area contributed by atoms with E-state index in [2.05, 4.69) is 56.8 Å². The summed E-state index contributed by atoms with van der Waals surface area (Å²) in [5, 5.41) is 10.8. The summed E-state index contributed by atoms with van der Waals surface area (Å²) in [7, 11) is 4.23. The van der Waals surface area contributed by atoms with Crippen LogP contribution in [0.3, 0.4) is 0 Å². The third-order valence-electron chi connectivity index (χ3n) is 4.46. The highest BCUT2D eigenvalue weighted by molar-refractivity contribution is 5.38. The lowest BCUT2D eigenvalue weighted by molar-refractivity contribution is 0.0135. The van der Waals surface area contributed by atoms with Gasteiger partial charge in [0.1, 0.15) is 0 Å². The highest BCUT2D eigenvalue weighted by Gasteiger charge is 2.30. The minimum Gasteiger partial charge on any atom is -0.387 e. The van der Waals surface area contributed by atoms with Crippen molar-refractivity contribution in [3.63, 3.8) is 0 Å². The van der Waals surface area contributed by atoms with Gasteiger partial charge in [-0.1, -0.05) is 12.1 Å². The van der Waals surface area contributed by atoms with E-state index in [0.717, 1.165) is 25.2 Å². The van der Waals surface area contributed by atoms with E-state index in [4.69, 9.17) is 0 Å². The summed E-state index contributed by atoms with van der Waals surface area (Å²) in [4.78, 5) is 4.57. The topological polar surface area (TPSA) is 26.7 Å². The lowest BCUT2D eigenvalue weighted by atomic mass is 9.92. The quantitative estimate of drug-likeness (QED) is 0.882. The van der Waals surface area contributed by atoms with Gasteiger partial charge in [0.05, 0.1) is 12.1 Å². The molecule has 0 aromatic heterocycles. The first-order valence-electron chi connectivity index (χ1n) is 7.04. The van der Waals surface area contributed by atoms with Crippen molar-refractivity contribution in [2.24, 2.45) is 0 Å². The summed E-state index contributed by atoms with van der Waals surface area (Å²) in [5.74, 6) is 0. The zero-order chi connectivity index (χ0) is 14.2. The van der Waals surface area contributed by atoms with Gasteiger partial charge in [-0.05, 0) is 57.1 Å². The van der Waals surface area contributed by atoms with Gasteiger partial charge in [-0.3, -0.25) is 4.90 Å². The predicted molar refractivity (Wildman–Crippen MR) is 79.5 cm³/mol. The minimum atomic E-state index is -0.410. The lowest BCUT2D eigenvalue weighted by Gasteiger charge is -2.40. The van der Waals surface area contributed by atoms with E-state index in [1.54, 1.807) is 0 Å². The molecule has 1 N–H and O–H groups in total. The van der Waals surface area contributed by atoms with E-state index in [9.17, 15) is 5.11 Å². The second-order valence-corrected chi connectivity index (χ2v) is 6.05. The molecule has 1 aromatic carbocycles. The molecule has 0 saturated carbocycles. The van der Waals surface area contributed by atoms with Crippen LogP contribution < -0.4 is 0 Å². The number of piperazine rings is 1. The molecule has 0 bridgehead atoms. The van der Waals surface area contributed by atoms with Crippen molar-refractivity contribution in [3.05, 3.63) is 34.4 Å². The Morgan fingerprint density at radius 2 is 1.68 bits per heavy atom. The van der Waals surface area contributed by atoms with Crippen molar-refractivity contribution in [2.75, 3.05) is 33.7 Å². The Morgan fingerprint density at radius 3 is 2.37 bits per heavy atom. The van der Waals surface area contributed by atoms with Crippen molar-refractivity contribution >= 4 is 0 Å². The minimum absolute atomic E-state index is 0.180. The highest BCUT2D eigenvalue weighted by Crippen LogP contribution is 2.27. The van der Waals surface area contributed by atoms with E-state index < -0.39 is 6.10 Å². The summed E-state index contributed by atoms with van der Waals surface area (Å²) < 4.78 is 0. The number of aliphatic hydroxyl groups excluding tert-OH is 1. The summed E-state index contributed by atoms with van der Waals surface area (Å²) >= 11 is 0. The first-order chi connectivity index (χ1) is 8.90. The standard InChI is InChI=1S/C16H26N2O/c1-11-8-13(3)14(9-12(11)2)16(19)15-10-17(4)6-7-18(15)5/h8-9,15-16,19H,6-7,10H2,1-5H3. The average molecular weight is 262 g/mol. The largest absolute Gasteiger partial charge is 0.387 e. The molecule has 2 atom stereocenters. The fourth-order valence-corrected chi connectivity index (χ4v) is 2.89. The molecule has 1 aliphatic heterocycles. The van der Waals surface area contributed by atoms with Gasteiger partial charge in [0.15, 0.2) is 0 Å². The summed E-state index contributed by atoms with van der Waals surface area (Å²) in [6.45, 7) is 9.34. The molecule has 19 heavy (non-hydrogen) atoms. The molecule has 1 saturated heterocycles. The molecule has 2 rings (SSSR count). The monoisotopic (exact) mass is 262 g/mol. The molecule has 0 amide bonds. The van der Waals surface area contributed by atoms with Crippen LogP contribution in [0.2, 0.25) is 0 Å². The Labute approximate surface area is 116 Å². The molecule has 2 unspecified atom stereocenters. The van der Waals surface area contributed by atoms with Crippen molar-refractivity contribution < 1.29 is 5.11 Å². The van der Waals surface area contributed by atoms with Crippen LogP contribution in [0.4, 0.5) is 0 Å². The number of hydrogen-bond donors (Lipinski definition) is 1. The van der Waals surface area contributed by atoms with Gasteiger partial charge in [-0.15, -0.1) is 0 Å². The van der Waals surface area contributed by atoms with Crippen LogP contribution in [-0.2, 0) is 0 Å². The second kappa shape index (κ2) is 5.61. The maximum absolute atomic E-state index is 10.8. The van der Waals surface area contributed by atoms with Gasteiger partial charge in [-0.25, -0.2) is 0 Å². The Kier molecular flexibility index (Phi) is 4.29. The normalized spacial score (nSPS) is 23.6. The molecular weight excluding hydrogens is 236 g/mol. The first kappa shape index (κ1) is 14.5. The SMILES string of the molecule is Cc1cc(C)c(C(O)C2CN(C)CCN2C)cc1C. The van der Waals surface area contributed by atoms with Crippen LogP contribution >= 0.6 is 0 Å². The summed E-state index contributed by atoms with van der Waals surface area (Å²) in [6.07, 6.45) is -0.410. The van der Waals surface area contributed by atoms with E-state index >= 15 is 0 Å². The van der Waals surface area contributed by atoms with E-state index in [1.165, 1.54) is 16.7 Å². The van der Waals surface area contributed by atoms with Crippen molar-refractivity contribution in [3.8, 4) is 0 Å². The summed E-state index contributed by atoms with van der Waals surface area (Å²) in [6, 6.07) is 4.51.